The van der Waals surface area contributed by atoms with Crippen molar-refractivity contribution in [3.63, 3.8) is 0 Å². The van der Waals surface area contributed by atoms with Crippen molar-refractivity contribution in [2.24, 2.45) is 0 Å². The van der Waals surface area contributed by atoms with E-state index in [9.17, 15) is 14.7 Å². The van der Waals surface area contributed by atoms with Gasteiger partial charge in [0.25, 0.3) is 5.91 Å². The van der Waals surface area contributed by atoms with E-state index in [-0.39, 0.29) is 24.0 Å². The van der Waals surface area contributed by atoms with E-state index in [4.69, 9.17) is 5.11 Å². The molecule has 3 aromatic rings. The summed E-state index contributed by atoms with van der Waals surface area (Å²) in [5.74, 6) is -0.855. The van der Waals surface area contributed by atoms with Crippen molar-refractivity contribution in [2.75, 3.05) is 19.7 Å². The Bertz CT molecular complexity index is 1060. The van der Waals surface area contributed by atoms with Crippen LogP contribution in [0.4, 0.5) is 0 Å². The first-order valence-corrected chi connectivity index (χ1v) is 9.75. The van der Waals surface area contributed by atoms with E-state index < -0.39 is 5.97 Å². The van der Waals surface area contributed by atoms with E-state index in [0.29, 0.717) is 25.2 Å². The number of aliphatic hydroxyl groups excluding tert-OH is 1. The minimum Gasteiger partial charge on any atom is -0.478 e. The number of rotatable bonds is 5. The minimum atomic E-state index is -0.940. The minimum absolute atomic E-state index is 0.0321. The number of nitrogens with zero attached hydrogens (tertiary/aromatic N) is 3. The van der Waals surface area contributed by atoms with Gasteiger partial charge in [-0.3, -0.25) is 4.79 Å². The lowest BCUT2D eigenvalue weighted by Crippen LogP contribution is -2.39. The van der Waals surface area contributed by atoms with Crippen molar-refractivity contribution in [1.82, 2.24) is 14.5 Å². The molecule has 4 rings (SSSR count). The van der Waals surface area contributed by atoms with Crippen LogP contribution >= 0.6 is 0 Å². The van der Waals surface area contributed by atoms with Gasteiger partial charge in [0.05, 0.1) is 29.5 Å². The second-order valence-corrected chi connectivity index (χ2v) is 7.39. The Balaban J connectivity index is 1.53. The zero-order chi connectivity index (χ0) is 20.4. The maximum atomic E-state index is 13.1. The summed E-state index contributed by atoms with van der Waals surface area (Å²) in [4.78, 5) is 30.5. The molecule has 1 aliphatic heterocycles. The van der Waals surface area contributed by atoms with Crippen molar-refractivity contribution in [3.8, 4) is 0 Å². The highest BCUT2D eigenvalue weighted by molar-refractivity contribution is 5.97. The number of carboxylic acids is 1. The summed E-state index contributed by atoms with van der Waals surface area (Å²) in [6.45, 7) is 1.75. The molecule has 2 aromatic carbocycles. The summed E-state index contributed by atoms with van der Waals surface area (Å²) in [5, 5.41) is 18.4. The maximum Gasteiger partial charge on any atom is 0.335 e. The molecule has 150 valence electrons. The molecule has 0 radical (unpaired) electrons. The first-order chi connectivity index (χ1) is 14.1. The molecule has 2 heterocycles. The molecule has 1 amide bonds. The lowest BCUT2D eigenvalue weighted by molar-refractivity contribution is 0.0688. The van der Waals surface area contributed by atoms with Crippen LogP contribution in [0.3, 0.4) is 0 Å². The largest absolute Gasteiger partial charge is 0.478 e. The first-order valence-electron chi connectivity index (χ1n) is 9.75. The highest BCUT2D eigenvalue weighted by Crippen LogP contribution is 2.29. The number of aromatic nitrogens is 2. The average Bonchev–Trinajstić information content (AvgIpc) is 3.16. The van der Waals surface area contributed by atoms with E-state index in [2.05, 4.69) is 4.98 Å². The Hall–Kier alpha value is -3.19. The van der Waals surface area contributed by atoms with Gasteiger partial charge in [-0.2, -0.15) is 0 Å². The third-order valence-electron chi connectivity index (χ3n) is 5.52. The number of imidazole rings is 1. The predicted molar refractivity (Wildman–Crippen MR) is 108 cm³/mol. The molecule has 0 saturated carbocycles. The van der Waals surface area contributed by atoms with Gasteiger partial charge >= 0.3 is 5.97 Å². The first kappa shape index (κ1) is 19.1. The summed E-state index contributed by atoms with van der Waals surface area (Å²) in [6, 6.07) is 12.4. The number of aromatic carboxylic acids is 1. The smallest absolute Gasteiger partial charge is 0.335 e. The van der Waals surface area contributed by atoms with E-state index in [0.717, 1.165) is 29.4 Å². The number of amides is 1. The van der Waals surface area contributed by atoms with Crippen LogP contribution in [-0.2, 0) is 6.54 Å². The fourth-order valence-electron chi connectivity index (χ4n) is 4.02. The molecule has 0 aliphatic carbocycles. The van der Waals surface area contributed by atoms with Crippen molar-refractivity contribution >= 4 is 22.9 Å². The number of hydrogen-bond donors (Lipinski definition) is 2. The van der Waals surface area contributed by atoms with Crippen LogP contribution in [-0.4, -0.2) is 56.2 Å². The SMILES string of the molecule is O=C(O)c1cccc([C@@H]2CCCN(C(=O)c3ccc4c(c3)ncn4CCO)C2)c1. The van der Waals surface area contributed by atoms with Crippen LogP contribution < -0.4 is 0 Å². The third kappa shape index (κ3) is 3.86. The van der Waals surface area contributed by atoms with Gasteiger partial charge in [-0.15, -0.1) is 0 Å². The third-order valence-corrected chi connectivity index (χ3v) is 5.52. The fraction of sp³-hybridized carbons (Fsp3) is 0.318. The van der Waals surface area contributed by atoms with Crippen LogP contribution in [0.2, 0.25) is 0 Å². The Morgan fingerprint density at radius 3 is 2.79 bits per heavy atom. The lowest BCUT2D eigenvalue weighted by Gasteiger charge is -2.33. The summed E-state index contributed by atoms with van der Waals surface area (Å²) in [5.41, 5.74) is 3.44. The van der Waals surface area contributed by atoms with Gasteiger partial charge in [-0.1, -0.05) is 12.1 Å². The number of carbonyl (C=O) groups excluding carboxylic acids is 1. The van der Waals surface area contributed by atoms with Gasteiger partial charge in [0.2, 0.25) is 0 Å². The molecular formula is C22H23N3O4. The van der Waals surface area contributed by atoms with Crippen LogP contribution in [0.15, 0.2) is 48.8 Å². The summed E-state index contributed by atoms with van der Waals surface area (Å²) in [7, 11) is 0. The molecule has 7 heteroatoms. The van der Waals surface area contributed by atoms with E-state index in [1.54, 1.807) is 36.7 Å². The Morgan fingerprint density at radius 1 is 1.14 bits per heavy atom. The molecule has 29 heavy (non-hydrogen) atoms. The Kier molecular flexibility index (Phi) is 5.31. The number of piperidine rings is 1. The van der Waals surface area contributed by atoms with Gasteiger partial charge in [-0.05, 0) is 48.7 Å². The number of benzene rings is 2. The maximum absolute atomic E-state index is 13.1. The number of carbonyl (C=O) groups is 2. The summed E-state index contributed by atoms with van der Waals surface area (Å²) in [6.07, 6.45) is 3.47. The van der Waals surface area contributed by atoms with Crippen molar-refractivity contribution in [2.45, 2.75) is 25.3 Å². The van der Waals surface area contributed by atoms with Gasteiger partial charge < -0.3 is 19.7 Å². The van der Waals surface area contributed by atoms with Gasteiger partial charge in [0, 0.05) is 31.1 Å². The fourth-order valence-corrected chi connectivity index (χ4v) is 4.02. The summed E-state index contributed by atoms with van der Waals surface area (Å²) < 4.78 is 1.86. The van der Waals surface area contributed by atoms with E-state index in [1.165, 1.54) is 0 Å². The monoisotopic (exact) mass is 393 g/mol. The Labute approximate surface area is 168 Å². The van der Waals surface area contributed by atoms with Crippen LogP contribution in [0.5, 0.6) is 0 Å². The molecule has 1 atom stereocenters. The van der Waals surface area contributed by atoms with Gasteiger partial charge in [0.15, 0.2) is 0 Å². The molecular weight excluding hydrogens is 370 g/mol. The van der Waals surface area contributed by atoms with Crippen molar-refractivity contribution in [3.05, 3.63) is 65.5 Å². The predicted octanol–water partition coefficient (Wildman–Crippen LogP) is 2.75. The number of likely N-dealkylation sites (tertiary alicyclic amines) is 1. The van der Waals surface area contributed by atoms with Crippen LogP contribution in [0.1, 0.15) is 45.0 Å². The van der Waals surface area contributed by atoms with Gasteiger partial charge in [0.1, 0.15) is 0 Å². The lowest BCUT2D eigenvalue weighted by atomic mass is 9.89. The number of hydrogen-bond acceptors (Lipinski definition) is 4. The van der Waals surface area contributed by atoms with Gasteiger partial charge in [-0.25, -0.2) is 9.78 Å². The van der Waals surface area contributed by atoms with Crippen LogP contribution in [0.25, 0.3) is 11.0 Å². The zero-order valence-electron chi connectivity index (χ0n) is 16.0. The van der Waals surface area contributed by atoms with Crippen molar-refractivity contribution < 1.29 is 19.8 Å². The molecule has 0 spiro atoms. The number of carboxylic acid groups (broad SMARTS) is 1. The zero-order valence-corrected chi connectivity index (χ0v) is 16.0. The second-order valence-electron chi connectivity index (χ2n) is 7.39. The molecule has 7 nitrogen and oxygen atoms in total. The molecule has 2 N–H and O–H groups in total. The Morgan fingerprint density at radius 2 is 2.00 bits per heavy atom. The topological polar surface area (TPSA) is 95.7 Å². The highest BCUT2D eigenvalue weighted by Gasteiger charge is 2.26. The molecule has 0 bridgehead atoms. The van der Waals surface area contributed by atoms with E-state index >= 15 is 0 Å². The molecule has 1 saturated heterocycles. The molecule has 1 aliphatic rings. The quantitative estimate of drug-likeness (QED) is 0.695. The average molecular weight is 393 g/mol. The summed E-state index contributed by atoms with van der Waals surface area (Å²) >= 11 is 0. The van der Waals surface area contributed by atoms with Crippen molar-refractivity contribution in [1.29, 1.82) is 0 Å². The highest BCUT2D eigenvalue weighted by atomic mass is 16.4. The number of aliphatic hydroxyl groups is 1. The molecule has 1 aromatic heterocycles. The van der Waals surface area contributed by atoms with Crippen LogP contribution in [0, 0.1) is 0 Å². The number of fused-ring (bicyclic) bond motifs is 1. The molecule has 1 fully saturated rings. The second kappa shape index (κ2) is 8.05. The van der Waals surface area contributed by atoms with E-state index in [1.807, 2.05) is 21.6 Å². The molecule has 0 unspecified atom stereocenters. The normalized spacial score (nSPS) is 16.9. The standard InChI is InChI=1S/C22H23N3O4/c26-10-9-25-14-23-19-12-16(6-7-20(19)25)21(27)24-8-2-5-18(13-24)15-3-1-4-17(11-15)22(28)29/h1,3-4,6-7,11-12,14,18,26H,2,5,8-10,13H2,(H,28,29)/t18-/m1/s1.